The van der Waals surface area contributed by atoms with Gasteiger partial charge in [-0.2, -0.15) is 0 Å². The molecule has 0 fully saturated rings. The van der Waals surface area contributed by atoms with Gasteiger partial charge in [0.25, 0.3) is 5.91 Å². The molecule has 3 nitrogen and oxygen atoms in total. The second-order valence-corrected chi connectivity index (χ2v) is 3.61. The van der Waals surface area contributed by atoms with E-state index in [4.69, 9.17) is 4.42 Å². The molecule has 2 aromatic rings. The summed E-state index contributed by atoms with van der Waals surface area (Å²) in [5.74, 6) is -5.15. The Morgan fingerprint density at radius 1 is 1.17 bits per heavy atom. The van der Waals surface area contributed by atoms with E-state index in [9.17, 15) is 18.0 Å². The summed E-state index contributed by atoms with van der Waals surface area (Å²) in [7, 11) is 0. The van der Waals surface area contributed by atoms with E-state index in [2.05, 4.69) is 5.32 Å². The van der Waals surface area contributed by atoms with Crippen molar-refractivity contribution in [3.63, 3.8) is 0 Å². The van der Waals surface area contributed by atoms with Gasteiger partial charge in [-0.25, -0.2) is 13.2 Å². The Labute approximate surface area is 100 Å². The summed E-state index contributed by atoms with van der Waals surface area (Å²) in [6, 6.07) is 3.21. The molecule has 0 aliphatic carbocycles. The van der Waals surface area contributed by atoms with Crippen LogP contribution in [0.1, 0.15) is 16.1 Å². The molecule has 0 unspecified atom stereocenters. The number of furan rings is 1. The Morgan fingerprint density at radius 2 is 1.89 bits per heavy atom. The molecular weight excluding hydrogens is 247 g/mol. The number of nitrogens with one attached hydrogen (secondary N) is 1. The molecule has 0 radical (unpaired) electrons. The van der Waals surface area contributed by atoms with Crippen LogP contribution in [0.25, 0.3) is 0 Å². The van der Waals surface area contributed by atoms with Crippen LogP contribution in [0.3, 0.4) is 0 Å². The topological polar surface area (TPSA) is 42.2 Å². The van der Waals surface area contributed by atoms with Crippen LogP contribution in [-0.4, -0.2) is 5.91 Å². The number of hydrogen-bond donors (Lipinski definition) is 1. The maximum Gasteiger partial charge on any atom is 0.291 e. The van der Waals surface area contributed by atoms with Crippen molar-refractivity contribution in [2.75, 3.05) is 5.32 Å². The molecule has 6 heteroatoms. The Kier molecular flexibility index (Phi) is 3.10. The zero-order valence-electron chi connectivity index (χ0n) is 9.26. The van der Waals surface area contributed by atoms with Crippen molar-refractivity contribution in [3.05, 3.63) is 53.2 Å². The number of benzene rings is 1. The number of aryl methyl sites for hydroxylation is 1. The molecule has 0 spiro atoms. The van der Waals surface area contributed by atoms with E-state index in [1.807, 2.05) is 0 Å². The van der Waals surface area contributed by atoms with Crippen molar-refractivity contribution < 1.29 is 22.4 Å². The lowest BCUT2D eigenvalue weighted by Gasteiger charge is -2.06. The zero-order chi connectivity index (χ0) is 13.3. The molecule has 0 aliphatic rings. The maximum atomic E-state index is 13.3. The third-order valence-electron chi connectivity index (χ3n) is 2.35. The monoisotopic (exact) mass is 255 g/mol. The van der Waals surface area contributed by atoms with Crippen LogP contribution < -0.4 is 5.32 Å². The number of carbonyl (C=O) groups excluding carboxylic acids is 1. The fourth-order valence-electron chi connectivity index (χ4n) is 1.41. The van der Waals surface area contributed by atoms with E-state index < -0.39 is 29.0 Å². The normalized spacial score (nSPS) is 10.4. The molecule has 1 heterocycles. The molecule has 0 aliphatic heterocycles. The third kappa shape index (κ3) is 2.09. The predicted octanol–water partition coefficient (Wildman–Crippen LogP) is 3.26. The van der Waals surface area contributed by atoms with E-state index in [0.29, 0.717) is 5.56 Å². The Bertz CT molecular complexity index is 607. The SMILES string of the molecule is Cc1ccoc1C(=O)Nc1ccc(F)c(F)c1F. The summed E-state index contributed by atoms with van der Waals surface area (Å²) in [5.41, 5.74) is 0.102. The number of anilines is 1. The second kappa shape index (κ2) is 4.56. The van der Waals surface area contributed by atoms with Gasteiger partial charge in [0, 0.05) is 5.56 Å². The second-order valence-electron chi connectivity index (χ2n) is 3.61. The van der Waals surface area contributed by atoms with Gasteiger partial charge in [0.1, 0.15) is 0 Å². The van der Waals surface area contributed by atoms with Gasteiger partial charge >= 0.3 is 0 Å². The first-order valence-electron chi connectivity index (χ1n) is 4.99. The van der Waals surface area contributed by atoms with E-state index in [-0.39, 0.29) is 5.76 Å². The molecule has 0 saturated carbocycles. The van der Waals surface area contributed by atoms with Crippen molar-refractivity contribution in [2.24, 2.45) is 0 Å². The molecule has 0 saturated heterocycles. The van der Waals surface area contributed by atoms with Crippen molar-refractivity contribution in [2.45, 2.75) is 6.92 Å². The number of rotatable bonds is 2. The number of amides is 1. The fraction of sp³-hybridized carbons (Fsp3) is 0.0833. The Morgan fingerprint density at radius 3 is 2.50 bits per heavy atom. The van der Waals surface area contributed by atoms with Crippen LogP contribution in [0.4, 0.5) is 18.9 Å². The van der Waals surface area contributed by atoms with Gasteiger partial charge in [-0.1, -0.05) is 0 Å². The van der Waals surface area contributed by atoms with Crippen LogP contribution in [-0.2, 0) is 0 Å². The minimum Gasteiger partial charge on any atom is -0.459 e. The van der Waals surface area contributed by atoms with Crippen molar-refractivity contribution in [3.8, 4) is 0 Å². The lowest BCUT2D eigenvalue weighted by atomic mass is 10.2. The number of halogens is 3. The summed E-state index contributed by atoms with van der Waals surface area (Å²) in [6.07, 6.45) is 1.30. The van der Waals surface area contributed by atoms with Crippen LogP contribution in [0.2, 0.25) is 0 Å². The highest BCUT2D eigenvalue weighted by atomic mass is 19.2. The van der Waals surface area contributed by atoms with E-state index >= 15 is 0 Å². The maximum absolute atomic E-state index is 13.3. The average Bonchev–Trinajstić information content (AvgIpc) is 2.76. The van der Waals surface area contributed by atoms with E-state index in [0.717, 1.165) is 12.1 Å². The minimum absolute atomic E-state index is 0.0147. The highest BCUT2D eigenvalue weighted by Crippen LogP contribution is 2.21. The lowest BCUT2D eigenvalue weighted by molar-refractivity contribution is 0.0995. The van der Waals surface area contributed by atoms with Crippen LogP contribution in [0.15, 0.2) is 28.9 Å². The van der Waals surface area contributed by atoms with Gasteiger partial charge in [-0.15, -0.1) is 0 Å². The van der Waals surface area contributed by atoms with Gasteiger partial charge in [0.15, 0.2) is 23.2 Å². The van der Waals surface area contributed by atoms with Gasteiger partial charge in [0.2, 0.25) is 0 Å². The third-order valence-corrected chi connectivity index (χ3v) is 2.35. The Hall–Kier alpha value is -2.24. The molecule has 1 amide bonds. The van der Waals surface area contributed by atoms with Crippen LogP contribution >= 0.6 is 0 Å². The summed E-state index contributed by atoms with van der Waals surface area (Å²) in [5, 5.41) is 2.11. The highest BCUT2D eigenvalue weighted by molar-refractivity contribution is 6.03. The van der Waals surface area contributed by atoms with Crippen LogP contribution in [0.5, 0.6) is 0 Å². The first-order chi connectivity index (χ1) is 8.50. The van der Waals surface area contributed by atoms with Gasteiger partial charge < -0.3 is 9.73 Å². The largest absolute Gasteiger partial charge is 0.459 e. The zero-order valence-corrected chi connectivity index (χ0v) is 9.26. The summed E-state index contributed by atoms with van der Waals surface area (Å²) >= 11 is 0. The molecule has 18 heavy (non-hydrogen) atoms. The number of hydrogen-bond acceptors (Lipinski definition) is 2. The minimum atomic E-state index is -1.64. The molecule has 1 N–H and O–H groups in total. The molecule has 0 atom stereocenters. The predicted molar refractivity (Wildman–Crippen MR) is 57.7 cm³/mol. The molecule has 2 rings (SSSR count). The molecule has 1 aromatic carbocycles. The van der Waals surface area contributed by atoms with Crippen molar-refractivity contribution in [1.82, 2.24) is 0 Å². The smallest absolute Gasteiger partial charge is 0.291 e. The lowest BCUT2D eigenvalue weighted by Crippen LogP contribution is -2.14. The molecule has 0 bridgehead atoms. The summed E-state index contributed by atoms with van der Waals surface area (Å²) < 4.78 is 43.8. The first kappa shape index (κ1) is 12.2. The first-order valence-corrected chi connectivity index (χ1v) is 4.99. The Balaban J connectivity index is 2.28. The van der Waals surface area contributed by atoms with Crippen LogP contribution in [0, 0.1) is 24.4 Å². The van der Waals surface area contributed by atoms with Gasteiger partial charge in [-0.05, 0) is 25.1 Å². The quantitative estimate of drug-likeness (QED) is 0.837. The standard InChI is InChI=1S/C12H8F3NO2/c1-6-4-5-18-11(6)12(17)16-8-3-2-7(13)9(14)10(8)15/h2-5H,1H3,(H,16,17). The highest BCUT2D eigenvalue weighted by Gasteiger charge is 2.18. The van der Waals surface area contributed by atoms with E-state index in [1.54, 1.807) is 13.0 Å². The van der Waals surface area contributed by atoms with Gasteiger partial charge in [0.05, 0.1) is 12.0 Å². The fourth-order valence-corrected chi connectivity index (χ4v) is 1.41. The summed E-state index contributed by atoms with van der Waals surface area (Å²) in [4.78, 5) is 11.7. The average molecular weight is 255 g/mol. The van der Waals surface area contributed by atoms with E-state index in [1.165, 1.54) is 6.26 Å². The number of carbonyl (C=O) groups is 1. The molecular formula is C12H8F3NO2. The summed E-state index contributed by atoms with van der Waals surface area (Å²) in [6.45, 7) is 1.63. The van der Waals surface area contributed by atoms with Crippen molar-refractivity contribution in [1.29, 1.82) is 0 Å². The molecule has 1 aromatic heterocycles. The molecule has 94 valence electrons. The van der Waals surface area contributed by atoms with Crippen molar-refractivity contribution >= 4 is 11.6 Å². The van der Waals surface area contributed by atoms with Gasteiger partial charge in [-0.3, -0.25) is 4.79 Å².